The summed E-state index contributed by atoms with van der Waals surface area (Å²) in [5, 5.41) is 3.09. The summed E-state index contributed by atoms with van der Waals surface area (Å²) in [6, 6.07) is 8.22. The summed E-state index contributed by atoms with van der Waals surface area (Å²) >= 11 is 2.20. The summed E-state index contributed by atoms with van der Waals surface area (Å²) in [7, 11) is 0. The van der Waals surface area contributed by atoms with Crippen LogP contribution in [0.25, 0.3) is 0 Å². The van der Waals surface area contributed by atoms with Crippen LogP contribution in [0, 0.1) is 10.5 Å². The van der Waals surface area contributed by atoms with E-state index in [2.05, 4.69) is 27.9 Å². The van der Waals surface area contributed by atoms with Gasteiger partial charge in [0.25, 0.3) is 0 Å². The predicted molar refractivity (Wildman–Crippen MR) is 102 cm³/mol. The number of hydrogen-bond donors (Lipinski definition) is 1. The van der Waals surface area contributed by atoms with Gasteiger partial charge in [-0.1, -0.05) is 0 Å². The largest absolute Gasteiger partial charge is 0.464 e. The van der Waals surface area contributed by atoms with Crippen molar-refractivity contribution in [3.63, 3.8) is 0 Å². The minimum absolute atomic E-state index is 0.244. The van der Waals surface area contributed by atoms with E-state index in [1.54, 1.807) is 20.8 Å². The van der Waals surface area contributed by atoms with E-state index in [-0.39, 0.29) is 13.2 Å². The molecule has 134 valence electrons. The van der Waals surface area contributed by atoms with Crippen LogP contribution in [0.4, 0.5) is 5.69 Å². The van der Waals surface area contributed by atoms with Gasteiger partial charge < -0.3 is 19.2 Å². The van der Waals surface area contributed by atoms with Crippen LogP contribution in [0.5, 0.6) is 0 Å². The summed E-state index contributed by atoms with van der Waals surface area (Å²) in [5.41, 5.74) is 1.04. The molecule has 0 fully saturated rings. The van der Waals surface area contributed by atoms with Crippen LogP contribution in [-0.4, -0.2) is 25.2 Å². The number of aryl methyl sites for hydroxylation is 1. The van der Waals surface area contributed by atoms with Crippen molar-refractivity contribution in [3.05, 3.63) is 51.0 Å². The summed E-state index contributed by atoms with van der Waals surface area (Å²) in [4.78, 5) is 24.3. The number of carbonyl (C=O) groups is 2. The summed E-state index contributed by atoms with van der Waals surface area (Å²) in [6.45, 7) is 5.63. The Labute approximate surface area is 160 Å². The second-order valence-electron chi connectivity index (χ2n) is 5.18. The highest BCUT2D eigenvalue weighted by atomic mass is 127. The normalized spacial score (nSPS) is 11.7. The van der Waals surface area contributed by atoms with Gasteiger partial charge in [-0.2, -0.15) is 0 Å². The second-order valence-corrected chi connectivity index (χ2v) is 6.42. The Morgan fingerprint density at radius 1 is 1.16 bits per heavy atom. The highest BCUT2D eigenvalue weighted by Gasteiger charge is 2.28. The maximum Gasteiger partial charge on any atom is 0.341 e. The monoisotopic (exact) mass is 457 g/mol. The molecule has 0 saturated carbocycles. The van der Waals surface area contributed by atoms with E-state index < -0.39 is 18.0 Å². The number of rotatable bonds is 7. The van der Waals surface area contributed by atoms with Crippen molar-refractivity contribution in [2.24, 2.45) is 0 Å². The van der Waals surface area contributed by atoms with E-state index in [1.165, 1.54) is 6.07 Å². The molecule has 0 bridgehead atoms. The Morgan fingerprint density at radius 3 is 2.40 bits per heavy atom. The Morgan fingerprint density at radius 2 is 1.80 bits per heavy atom. The first-order valence-electron chi connectivity index (χ1n) is 7.92. The molecule has 0 saturated heterocycles. The third-order valence-electron chi connectivity index (χ3n) is 3.39. The number of benzene rings is 1. The van der Waals surface area contributed by atoms with Crippen LogP contribution in [0.15, 0.2) is 34.7 Å². The Kier molecular flexibility index (Phi) is 6.86. The van der Waals surface area contributed by atoms with Crippen molar-refractivity contribution < 1.29 is 23.5 Å². The van der Waals surface area contributed by atoms with Gasteiger partial charge in [0.1, 0.15) is 17.1 Å². The fourth-order valence-electron chi connectivity index (χ4n) is 2.24. The Hall–Kier alpha value is -2.03. The van der Waals surface area contributed by atoms with Gasteiger partial charge in [0.15, 0.2) is 6.04 Å². The summed E-state index contributed by atoms with van der Waals surface area (Å²) in [5.74, 6) is -0.262. The molecule has 1 unspecified atom stereocenters. The van der Waals surface area contributed by atoms with E-state index >= 15 is 0 Å². The fourth-order valence-corrected chi connectivity index (χ4v) is 2.60. The van der Waals surface area contributed by atoms with Crippen LogP contribution < -0.4 is 5.32 Å². The molecule has 1 aromatic heterocycles. The minimum atomic E-state index is -0.859. The second kappa shape index (κ2) is 8.89. The first-order chi connectivity index (χ1) is 12.0. The van der Waals surface area contributed by atoms with Gasteiger partial charge in [-0.3, -0.25) is 0 Å². The number of carbonyl (C=O) groups excluding carboxylic acids is 2. The lowest BCUT2D eigenvalue weighted by Crippen LogP contribution is -2.23. The molecule has 0 amide bonds. The average Bonchev–Trinajstić information content (AvgIpc) is 2.96. The fraction of sp³-hybridized carbons (Fsp3) is 0.333. The molecule has 0 spiro atoms. The SMILES string of the molecule is CCOC(=O)c1cc(C(Nc2ccc(I)cc2)C(=O)OCC)oc1C. The first-order valence-corrected chi connectivity index (χ1v) is 9.00. The van der Waals surface area contributed by atoms with Gasteiger partial charge in [-0.15, -0.1) is 0 Å². The number of furan rings is 1. The lowest BCUT2D eigenvalue weighted by Gasteiger charge is -2.16. The summed E-state index contributed by atoms with van der Waals surface area (Å²) < 4.78 is 16.9. The zero-order chi connectivity index (χ0) is 18.4. The number of nitrogens with one attached hydrogen (secondary N) is 1. The molecular weight excluding hydrogens is 437 g/mol. The molecule has 2 rings (SSSR count). The molecule has 2 aromatic rings. The van der Waals surface area contributed by atoms with Gasteiger partial charge >= 0.3 is 11.9 Å². The first kappa shape index (κ1) is 19.3. The maximum atomic E-state index is 12.4. The molecule has 25 heavy (non-hydrogen) atoms. The third kappa shape index (κ3) is 4.97. The maximum absolute atomic E-state index is 12.4. The van der Waals surface area contributed by atoms with E-state index in [0.29, 0.717) is 17.1 Å². The Balaban J connectivity index is 2.32. The Bertz CT molecular complexity index is 738. The molecule has 1 heterocycles. The molecule has 6 nitrogen and oxygen atoms in total. The van der Waals surface area contributed by atoms with Crippen LogP contribution >= 0.6 is 22.6 Å². The van der Waals surface area contributed by atoms with Crippen molar-refractivity contribution in [2.45, 2.75) is 26.8 Å². The third-order valence-corrected chi connectivity index (χ3v) is 4.11. The number of hydrogen-bond acceptors (Lipinski definition) is 6. The van der Waals surface area contributed by atoms with Gasteiger partial charge in [-0.05, 0) is 73.7 Å². The molecule has 1 aromatic carbocycles. The van der Waals surface area contributed by atoms with Crippen LogP contribution in [-0.2, 0) is 14.3 Å². The van der Waals surface area contributed by atoms with E-state index in [4.69, 9.17) is 13.9 Å². The topological polar surface area (TPSA) is 77.8 Å². The highest BCUT2D eigenvalue weighted by Crippen LogP contribution is 2.26. The predicted octanol–water partition coefficient (Wildman–Crippen LogP) is 4.09. The van der Waals surface area contributed by atoms with Crippen molar-refractivity contribution in [2.75, 3.05) is 18.5 Å². The highest BCUT2D eigenvalue weighted by molar-refractivity contribution is 14.1. The van der Waals surface area contributed by atoms with Crippen LogP contribution in [0.2, 0.25) is 0 Å². The molecule has 0 radical (unpaired) electrons. The minimum Gasteiger partial charge on any atom is -0.464 e. The van der Waals surface area contributed by atoms with Crippen molar-refractivity contribution in [3.8, 4) is 0 Å². The lowest BCUT2D eigenvalue weighted by atomic mass is 10.1. The number of ether oxygens (including phenoxy) is 2. The summed E-state index contributed by atoms with van der Waals surface area (Å²) in [6.07, 6.45) is 0. The number of esters is 2. The zero-order valence-corrected chi connectivity index (χ0v) is 16.5. The van der Waals surface area contributed by atoms with Crippen molar-refractivity contribution in [1.82, 2.24) is 0 Å². The standard InChI is InChI=1S/C18H20INO5/c1-4-23-17(21)14-10-15(25-11(14)3)16(18(22)24-5-2)20-13-8-6-12(19)7-9-13/h6-10,16,20H,4-5H2,1-3H3. The lowest BCUT2D eigenvalue weighted by molar-refractivity contribution is -0.144. The molecule has 1 atom stereocenters. The molecule has 0 aliphatic heterocycles. The molecule has 0 aliphatic rings. The zero-order valence-electron chi connectivity index (χ0n) is 14.3. The van der Waals surface area contributed by atoms with E-state index in [0.717, 1.165) is 9.26 Å². The number of halogens is 1. The van der Waals surface area contributed by atoms with E-state index in [1.807, 2.05) is 24.3 Å². The van der Waals surface area contributed by atoms with Crippen molar-refractivity contribution in [1.29, 1.82) is 0 Å². The smallest absolute Gasteiger partial charge is 0.341 e. The van der Waals surface area contributed by atoms with Crippen LogP contribution in [0.3, 0.4) is 0 Å². The van der Waals surface area contributed by atoms with Gasteiger partial charge in [-0.25, -0.2) is 9.59 Å². The van der Waals surface area contributed by atoms with Gasteiger partial charge in [0.2, 0.25) is 0 Å². The van der Waals surface area contributed by atoms with Gasteiger partial charge in [0, 0.05) is 9.26 Å². The average molecular weight is 457 g/mol. The molecule has 1 N–H and O–H groups in total. The van der Waals surface area contributed by atoms with E-state index in [9.17, 15) is 9.59 Å². The molecule has 0 aliphatic carbocycles. The number of anilines is 1. The van der Waals surface area contributed by atoms with Crippen LogP contribution in [0.1, 0.15) is 41.8 Å². The van der Waals surface area contributed by atoms with Crippen molar-refractivity contribution >= 4 is 40.2 Å². The molecular formula is C18H20INO5. The molecule has 7 heteroatoms. The quantitative estimate of drug-likeness (QED) is 0.499. The van der Waals surface area contributed by atoms with Gasteiger partial charge in [0.05, 0.1) is 13.2 Å².